The van der Waals surface area contributed by atoms with Crippen LogP contribution in [0.2, 0.25) is 0 Å². The summed E-state index contributed by atoms with van der Waals surface area (Å²) < 4.78 is 22.2. The molecule has 90 valence electrons. The highest BCUT2D eigenvalue weighted by molar-refractivity contribution is 7.60. The Morgan fingerprint density at radius 1 is 1.13 bits per heavy atom. The molecule has 0 aromatic rings. The van der Waals surface area contributed by atoms with Crippen molar-refractivity contribution < 1.29 is 42.9 Å². The van der Waals surface area contributed by atoms with Crippen LogP contribution in [0.1, 0.15) is 6.92 Å². The second-order valence-electron chi connectivity index (χ2n) is 2.15. The molecule has 0 amide bonds. The Balaban J connectivity index is 0. The van der Waals surface area contributed by atoms with Crippen LogP contribution in [0.4, 0.5) is 0 Å². The minimum absolute atomic E-state index is 0.176. The van der Waals surface area contributed by atoms with E-state index in [0.717, 1.165) is 0 Å². The molecule has 0 saturated carbocycles. The number of aliphatic carboxylic acids is 1. The first-order valence-electron chi connectivity index (χ1n) is 3.06. The van der Waals surface area contributed by atoms with Gasteiger partial charge in [-0.3, -0.25) is 0 Å². The maximum atomic E-state index is 9.63. The largest absolute Gasteiger partial charge is 0.478 e. The number of rotatable bonds is 3. The summed E-state index contributed by atoms with van der Waals surface area (Å²) in [5.41, 5.74) is 0.176. The number of carboxylic acids is 1. The first kappa shape index (κ1) is 16.9. The highest BCUT2D eigenvalue weighted by atomic mass is 31.3. The van der Waals surface area contributed by atoms with Crippen molar-refractivity contribution in [3.8, 4) is 0 Å². The summed E-state index contributed by atoms with van der Waals surface area (Å²) in [5.74, 6) is -0.935. The Bertz CT molecular complexity index is 289. The fourth-order valence-electron chi connectivity index (χ4n) is 0.139. The van der Waals surface area contributed by atoms with E-state index in [0.29, 0.717) is 0 Å². The quantitative estimate of drug-likeness (QED) is 0.344. The van der Waals surface area contributed by atoms with Gasteiger partial charge in [0.1, 0.15) is 0 Å². The lowest BCUT2D eigenvalue weighted by Crippen LogP contribution is -1.92. The minimum atomic E-state index is -5.05. The average Bonchev–Trinajstić information content (AvgIpc) is 1.78. The van der Waals surface area contributed by atoms with Gasteiger partial charge in [-0.05, 0) is 6.92 Å². The average molecular weight is 264 g/mol. The van der Waals surface area contributed by atoms with Crippen molar-refractivity contribution in [1.29, 1.82) is 0 Å². The Kier molecular flexibility index (Phi) is 6.91. The smallest absolute Gasteiger partial charge is 0.478 e. The third-order valence-corrected chi connectivity index (χ3v) is 2.28. The molecule has 0 radical (unpaired) electrons. The van der Waals surface area contributed by atoms with Crippen LogP contribution in [0.15, 0.2) is 12.2 Å². The van der Waals surface area contributed by atoms with E-state index in [9.17, 15) is 13.9 Å². The third kappa shape index (κ3) is 19.8. The Hall–Kier alpha value is -0.530. The molecular weight excluding hydrogens is 254 g/mol. The van der Waals surface area contributed by atoms with Crippen LogP contribution in [0, 0.1) is 0 Å². The van der Waals surface area contributed by atoms with Gasteiger partial charge in [-0.2, -0.15) is 4.31 Å². The van der Waals surface area contributed by atoms with Gasteiger partial charge in [0.2, 0.25) is 0 Å². The van der Waals surface area contributed by atoms with E-state index in [1.54, 1.807) is 0 Å². The van der Waals surface area contributed by atoms with Crippen LogP contribution in [0.3, 0.4) is 0 Å². The Morgan fingerprint density at radius 2 is 1.33 bits per heavy atom. The zero-order valence-corrected chi connectivity index (χ0v) is 9.26. The van der Waals surface area contributed by atoms with Gasteiger partial charge in [0.15, 0.2) is 0 Å². The lowest BCUT2D eigenvalue weighted by molar-refractivity contribution is -0.132. The molecule has 0 aliphatic carbocycles. The number of carbonyl (C=O) groups is 1. The molecule has 0 saturated heterocycles. The molecule has 0 fully saturated rings. The number of hydrogen-bond donors (Lipinski definition) is 5. The molecule has 0 rings (SSSR count). The fraction of sp³-hybridized carbons (Fsp3) is 0.250. The second kappa shape index (κ2) is 6.14. The van der Waals surface area contributed by atoms with Crippen LogP contribution in [-0.4, -0.2) is 30.6 Å². The van der Waals surface area contributed by atoms with E-state index >= 15 is 0 Å². The first-order chi connectivity index (χ1) is 6.35. The zero-order valence-electron chi connectivity index (χ0n) is 7.47. The third-order valence-electron chi connectivity index (χ3n) is 0.578. The fourth-order valence-corrected chi connectivity index (χ4v) is 1.25. The van der Waals surface area contributed by atoms with Crippen LogP contribution in [-0.2, 0) is 18.2 Å². The molecule has 0 unspecified atom stereocenters. The van der Waals surface area contributed by atoms with Gasteiger partial charge in [-0.25, -0.2) is 13.9 Å². The topological polar surface area (TPSA) is 162 Å². The summed E-state index contributed by atoms with van der Waals surface area (Å²) in [6.07, 6.45) is 0. The molecule has 9 nitrogen and oxygen atoms in total. The van der Waals surface area contributed by atoms with E-state index < -0.39 is 21.6 Å². The number of hydrogen-bond acceptors (Lipinski definition) is 4. The van der Waals surface area contributed by atoms with Crippen LogP contribution >= 0.6 is 15.6 Å². The first-order valence-corrected chi connectivity index (χ1v) is 6.12. The second-order valence-corrected chi connectivity index (χ2v) is 4.76. The van der Waals surface area contributed by atoms with Gasteiger partial charge in [0.25, 0.3) is 0 Å². The summed E-state index contributed by atoms with van der Waals surface area (Å²) in [6, 6.07) is 0. The molecule has 11 heteroatoms. The molecule has 5 N–H and O–H groups in total. The van der Waals surface area contributed by atoms with Gasteiger partial charge in [0, 0.05) is 5.57 Å². The Labute approximate surface area is 84.5 Å². The maximum Gasteiger partial charge on any atom is 0.478 e. The Morgan fingerprint density at radius 3 is 1.33 bits per heavy atom. The van der Waals surface area contributed by atoms with Crippen molar-refractivity contribution in [1.82, 2.24) is 0 Å². The number of phosphoric acid groups is 2. The van der Waals surface area contributed by atoms with Crippen molar-refractivity contribution in [2.75, 3.05) is 0 Å². The van der Waals surface area contributed by atoms with Crippen molar-refractivity contribution in [2.45, 2.75) is 6.92 Å². The van der Waals surface area contributed by atoms with Gasteiger partial charge in [0.05, 0.1) is 0 Å². The van der Waals surface area contributed by atoms with Crippen molar-refractivity contribution in [3.63, 3.8) is 0 Å². The van der Waals surface area contributed by atoms with Crippen molar-refractivity contribution in [2.24, 2.45) is 0 Å². The van der Waals surface area contributed by atoms with E-state index in [1.807, 2.05) is 0 Å². The van der Waals surface area contributed by atoms with E-state index in [2.05, 4.69) is 10.9 Å². The van der Waals surface area contributed by atoms with Crippen LogP contribution < -0.4 is 0 Å². The monoisotopic (exact) mass is 264 g/mol. The van der Waals surface area contributed by atoms with E-state index in [-0.39, 0.29) is 5.57 Å². The lowest BCUT2D eigenvalue weighted by Gasteiger charge is -2.03. The zero-order chi connectivity index (χ0) is 12.9. The highest BCUT2D eigenvalue weighted by Gasteiger charge is 2.27. The number of carboxylic acid groups (broad SMARTS) is 1. The summed E-state index contributed by atoms with van der Waals surface area (Å²) in [4.78, 5) is 40.6. The molecule has 0 atom stereocenters. The highest BCUT2D eigenvalue weighted by Crippen LogP contribution is 2.53. The van der Waals surface area contributed by atoms with Gasteiger partial charge >= 0.3 is 21.6 Å². The standard InChI is InChI=1S/C4H6O2.H4O7P2/c1-3(2)4(5)6;1-8(2,3)7-9(4,5)6/h1H2,2H3,(H,5,6);(H2,1,2,3)(H2,4,5,6). The van der Waals surface area contributed by atoms with E-state index in [4.69, 9.17) is 24.7 Å². The minimum Gasteiger partial charge on any atom is -0.478 e. The molecule has 0 heterocycles. The molecule has 0 aliphatic rings. The van der Waals surface area contributed by atoms with Crippen molar-refractivity contribution >= 4 is 21.6 Å². The SMILES string of the molecule is C=C(C)C(=O)O.O=P(O)(O)OP(=O)(O)O. The summed E-state index contributed by atoms with van der Waals surface area (Å²) >= 11 is 0. The normalized spacial score (nSPS) is 11.3. The van der Waals surface area contributed by atoms with Gasteiger partial charge in [-0.15, -0.1) is 0 Å². The summed E-state index contributed by atoms with van der Waals surface area (Å²) in [6.45, 7) is 4.60. The summed E-state index contributed by atoms with van der Waals surface area (Å²) in [7, 11) is -10.1. The molecule has 0 spiro atoms. The predicted octanol–water partition coefficient (Wildman–Crippen LogP) is -0.165. The maximum absolute atomic E-state index is 9.63. The van der Waals surface area contributed by atoms with Crippen LogP contribution in [0.5, 0.6) is 0 Å². The molecular formula is C4H10O9P2. The summed E-state index contributed by atoms with van der Waals surface area (Å²) in [5, 5.41) is 7.89. The van der Waals surface area contributed by atoms with E-state index in [1.165, 1.54) is 6.92 Å². The van der Waals surface area contributed by atoms with Gasteiger partial charge in [-0.1, -0.05) is 6.58 Å². The lowest BCUT2D eigenvalue weighted by atomic mass is 10.4. The molecule has 0 bridgehead atoms. The van der Waals surface area contributed by atoms with Gasteiger partial charge < -0.3 is 24.7 Å². The molecule has 0 aromatic heterocycles. The molecule has 0 aliphatic heterocycles. The molecule has 0 aromatic carbocycles. The van der Waals surface area contributed by atoms with Crippen molar-refractivity contribution in [3.05, 3.63) is 12.2 Å². The van der Waals surface area contributed by atoms with Crippen LogP contribution in [0.25, 0.3) is 0 Å². The predicted molar refractivity (Wildman–Crippen MR) is 47.6 cm³/mol. The molecule has 15 heavy (non-hydrogen) atoms.